The molecule has 0 N–H and O–H groups in total. The fraction of sp³-hybridized carbons (Fsp3) is 0.190. The Kier molecular flexibility index (Phi) is 5.57. The van der Waals surface area contributed by atoms with E-state index in [0.29, 0.717) is 15.0 Å². The van der Waals surface area contributed by atoms with E-state index in [0.717, 1.165) is 17.1 Å². The number of hydrazone groups is 1. The molecule has 1 spiro atoms. The van der Waals surface area contributed by atoms with Gasteiger partial charge in [-0.3, -0.25) is 4.79 Å². The van der Waals surface area contributed by atoms with Gasteiger partial charge in [-0.15, -0.1) is 0 Å². The maximum Gasteiger partial charge on any atom is 0.346 e. The Hall–Kier alpha value is -2.42. The lowest BCUT2D eigenvalue weighted by atomic mass is 10.2. The molecular weight excluding hydrogens is 442 g/mol. The minimum absolute atomic E-state index is 0.145. The average molecular weight is 460 g/mol. The SMILES string of the molecule is COC(=O)C1=C(C)N(c2ccccc2)[C@@]2(SC(C(C)=O)=NN2c2ccc(Cl)cc2)S1. The number of ether oxygens (including phenoxy) is 1. The summed E-state index contributed by atoms with van der Waals surface area (Å²) >= 11 is 8.70. The van der Waals surface area contributed by atoms with Gasteiger partial charge in [-0.1, -0.05) is 41.6 Å². The van der Waals surface area contributed by atoms with Crippen LogP contribution in [0.2, 0.25) is 5.02 Å². The van der Waals surface area contributed by atoms with Gasteiger partial charge in [0.05, 0.1) is 12.8 Å². The highest BCUT2D eigenvalue weighted by atomic mass is 35.5. The summed E-state index contributed by atoms with van der Waals surface area (Å²) in [5.41, 5.74) is 2.34. The fourth-order valence-electron chi connectivity index (χ4n) is 3.28. The van der Waals surface area contributed by atoms with E-state index in [4.69, 9.17) is 16.3 Å². The third-order valence-electron chi connectivity index (χ3n) is 4.63. The first-order valence-electron chi connectivity index (χ1n) is 9.05. The summed E-state index contributed by atoms with van der Waals surface area (Å²) in [6, 6.07) is 16.9. The van der Waals surface area contributed by atoms with Gasteiger partial charge in [0.25, 0.3) is 0 Å². The lowest BCUT2D eigenvalue weighted by molar-refractivity contribution is -0.135. The standard InChI is InChI=1S/C21H18ClN3O3S2/c1-13-18(20(27)28-3)29-21(24(13)16-7-5-4-6-8-16)25(23-19(30-21)14(2)26)17-11-9-15(22)10-12-17/h4-12H,1-3H3/t21-/m0/s1. The number of esters is 1. The number of benzene rings is 2. The van der Waals surface area contributed by atoms with Crippen LogP contribution in [0.3, 0.4) is 0 Å². The number of thioether (sulfide) groups is 2. The van der Waals surface area contributed by atoms with Crippen LogP contribution in [0.5, 0.6) is 0 Å². The predicted molar refractivity (Wildman–Crippen MR) is 124 cm³/mol. The van der Waals surface area contributed by atoms with Crippen molar-refractivity contribution in [1.29, 1.82) is 0 Å². The van der Waals surface area contributed by atoms with Crippen LogP contribution in [0.4, 0.5) is 11.4 Å². The van der Waals surface area contributed by atoms with Gasteiger partial charge in [0.2, 0.25) is 4.33 Å². The summed E-state index contributed by atoms with van der Waals surface area (Å²) in [6.07, 6.45) is 0. The van der Waals surface area contributed by atoms with Crippen LogP contribution in [0.1, 0.15) is 13.8 Å². The number of carbonyl (C=O) groups is 2. The number of allylic oxidation sites excluding steroid dienone is 1. The number of hydrogen-bond acceptors (Lipinski definition) is 8. The lowest BCUT2D eigenvalue weighted by Gasteiger charge is -2.41. The van der Waals surface area contributed by atoms with Gasteiger partial charge < -0.3 is 9.64 Å². The molecule has 0 amide bonds. The van der Waals surface area contributed by atoms with E-state index >= 15 is 0 Å². The van der Waals surface area contributed by atoms with Crippen molar-refractivity contribution in [2.24, 2.45) is 5.10 Å². The lowest BCUT2D eigenvalue weighted by Crippen LogP contribution is -2.49. The largest absolute Gasteiger partial charge is 0.465 e. The zero-order chi connectivity index (χ0) is 21.5. The van der Waals surface area contributed by atoms with Crippen LogP contribution in [0, 0.1) is 0 Å². The van der Waals surface area contributed by atoms with Gasteiger partial charge in [0.15, 0.2) is 10.8 Å². The zero-order valence-electron chi connectivity index (χ0n) is 16.5. The van der Waals surface area contributed by atoms with Crippen LogP contribution in [-0.2, 0) is 14.3 Å². The molecule has 4 rings (SSSR count). The van der Waals surface area contributed by atoms with Crippen molar-refractivity contribution in [2.75, 3.05) is 17.0 Å². The number of methoxy groups -OCH3 is 1. The molecule has 154 valence electrons. The minimum Gasteiger partial charge on any atom is -0.465 e. The fourth-order valence-corrected chi connectivity index (χ4v) is 6.38. The van der Waals surface area contributed by atoms with Gasteiger partial charge in [-0.25, -0.2) is 9.80 Å². The molecule has 1 atom stereocenters. The first-order valence-corrected chi connectivity index (χ1v) is 11.1. The minimum atomic E-state index is -0.941. The van der Waals surface area contributed by atoms with Gasteiger partial charge in [-0.05, 0) is 55.1 Å². The number of hydrogen-bond donors (Lipinski definition) is 0. The third kappa shape index (κ3) is 3.38. The van der Waals surface area contributed by atoms with Crippen molar-refractivity contribution in [2.45, 2.75) is 18.2 Å². The third-order valence-corrected chi connectivity index (χ3v) is 7.85. The first kappa shape index (κ1) is 20.8. The van der Waals surface area contributed by atoms with Crippen molar-refractivity contribution >= 4 is 63.3 Å². The van der Waals surface area contributed by atoms with E-state index < -0.39 is 10.3 Å². The number of ketones is 1. The first-order chi connectivity index (χ1) is 14.4. The quantitative estimate of drug-likeness (QED) is 0.592. The summed E-state index contributed by atoms with van der Waals surface area (Å²) in [5, 5.41) is 7.35. The summed E-state index contributed by atoms with van der Waals surface area (Å²) in [7, 11) is 1.36. The van der Waals surface area contributed by atoms with Gasteiger partial charge in [0, 0.05) is 23.3 Å². The van der Waals surface area contributed by atoms with Crippen molar-refractivity contribution in [3.8, 4) is 0 Å². The molecule has 0 aliphatic carbocycles. The molecule has 0 radical (unpaired) electrons. The maximum atomic E-state index is 12.6. The predicted octanol–water partition coefficient (Wildman–Crippen LogP) is 5.06. The van der Waals surface area contributed by atoms with Gasteiger partial charge >= 0.3 is 5.97 Å². The summed E-state index contributed by atoms with van der Waals surface area (Å²) in [6.45, 7) is 3.35. The molecule has 9 heteroatoms. The summed E-state index contributed by atoms with van der Waals surface area (Å²) in [5.74, 6) is -0.572. The van der Waals surface area contributed by atoms with Crippen molar-refractivity contribution in [3.05, 3.63) is 70.2 Å². The Morgan fingerprint density at radius 3 is 2.30 bits per heavy atom. The van der Waals surface area contributed by atoms with Crippen molar-refractivity contribution in [3.63, 3.8) is 0 Å². The summed E-state index contributed by atoms with van der Waals surface area (Å²) < 4.78 is 4.09. The monoisotopic (exact) mass is 459 g/mol. The normalized spacial score (nSPS) is 20.7. The molecule has 0 unspecified atom stereocenters. The Labute approximate surface area is 187 Å². The molecule has 2 aliphatic rings. The molecule has 2 aromatic carbocycles. The number of Topliss-reactive ketones (excluding diaryl/α,β-unsaturated/α-hetero) is 1. The van der Waals surface area contributed by atoms with E-state index in [2.05, 4.69) is 5.10 Å². The molecule has 0 bridgehead atoms. The summed E-state index contributed by atoms with van der Waals surface area (Å²) in [4.78, 5) is 27.3. The second kappa shape index (κ2) is 8.02. The Morgan fingerprint density at radius 2 is 1.70 bits per heavy atom. The molecule has 0 aromatic heterocycles. The smallest absolute Gasteiger partial charge is 0.346 e. The number of halogens is 1. The van der Waals surface area contributed by atoms with Crippen LogP contribution >= 0.6 is 35.1 Å². The molecule has 2 aliphatic heterocycles. The van der Waals surface area contributed by atoms with Gasteiger partial charge in [0.1, 0.15) is 4.91 Å². The highest BCUT2D eigenvalue weighted by molar-refractivity contribution is 8.29. The number of nitrogens with zero attached hydrogens (tertiary/aromatic N) is 3. The number of rotatable bonds is 4. The average Bonchev–Trinajstić information content (AvgIpc) is 3.27. The molecular formula is C21H18ClN3O3S2. The van der Waals surface area contributed by atoms with Crippen molar-refractivity contribution < 1.29 is 14.3 Å². The van der Waals surface area contributed by atoms with E-state index in [1.807, 2.05) is 54.3 Å². The van der Waals surface area contributed by atoms with Crippen molar-refractivity contribution in [1.82, 2.24) is 0 Å². The van der Waals surface area contributed by atoms with E-state index in [1.165, 1.54) is 37.6 Å². The second-order valence-electron chi connectivity index (χ2n) is 6.58. The van der Waals surface area contributed by atoms with Crippen LogP contribution < -0.4 is 9.91 Å². The number of carbonyl (C=O) groups excluding carboxylic acids is 2. The Balaban J connectivity index is 1.91. The van der Waals surface area contributed by atoms with E-state index in [9.17, 15) is 9.59 Å². The molecule has 30 heavy (non-hydrogen) atoms. The van der Waals surface area contributed by atoms with E-state index in [-0.39, 0.29) is 5.78 Å². The molecule has 2 aromatic rings. The number of para-hydroxylation sites is 1. The zero-order valence-corrected chi connectivity index (χ0v) is 18.8. The van der Waals surface area contributed by atoms with Gasteiger partial charge in [-0.2, -0.15) is 5.10 Å². The molecule has 2 heterocycles. The molecule has 6 nitrogen and oxygen atoms in total. The maximum absolute atomic E-state index is 12.6. The molecule has 0 fully saturated rings. The number of anilines is 2. The molecule has 0 saturated heterocycles. The topological polar surface area (TPSA) is 62.2 Å². The van der Waals surface area contributed by atoms with E-state index in [1.54, 1.807) is 17.1 Å². The Morgan fingerprint density at radius 1 is 1.03 bits per heavy atom. The second-order valence-corrected chi connectivity index (χ2v) is 9.62. The highest BCUT2D eigenvalue weighted by Crippen LogP contribution is 2.60. The highest BCUT2D eigenvalue weighted by Gasteiger charge is 2.57. The molecule has 0 saturated carbocycles. The van der Waals surface area contributed by atoms with Crippen LogP contribution in [0.15, 0.2) is 70.3 Å². The van der Waals surface area contributed by atoms with Crippen LogP contribution in [0.25, 0.3) is 0 Å². The Bertz CT molecular complexity index is 1070. The van der Waals surface area contributed by atoms with Crippen LogP contribution in [-0.4, -0.2) is 28.2 Å².